The summed E-state index contributed by atoms with van der Waals surface area (Å²) in [5, 5.41) is 3.36. The van der Waals surface area contributed by atoms with E-state index in [2.05, 4.69) is 5.32 Å². The first-order valence-corrected chi connectivity index (χ1v) is 7.76. The van der Waals surface area contributed by atoms with E-state index in [9.17, 15) is 9.59 Å². The summed E-state index contributed by atoms with van der Waals surface area (Å²) in [6, 6.07) is 7.28. The SMILES string of the molecule is Cc1sc(CC(=O)Cc2ccc(Cl)cc2)c(NC=O)c1C. The van der Waals surface area contributed by atoms with Crippen LogP contribution in [-0.2, 0) is 22.4 Å². The molecular formula is C16H16ClNO2S. The zero-order valence-electron chi connectivity index (χ0n) is 11.9. The molecule has 2 aromatic rings. The van der Waals surface area contributed by atoms with Crippen molar-refractivity contribution in [2.45, 2.75) is 26.7 Å². The second-order valence-corrected chi connectivity index (χ2v) is 6.61. The first-order valence-electron chi connectivity index (χ1n) is 6.56. The van der Waals surface area contributed by atoms with Gasteiger partial charge < -0.3 is 5.32 Å². The minimum atomic E-state index is 0.118. The third-order valence-corrected chi connectivity index (χ3v) is 4.79. The Labute approximate surface area is 132 Å². The summed E-state index contributed by atoms with van der Waals surface area (Å²) < 4.78 is 0. The van der Waals surface area contributed by atoms with E-state index in [1.54, 1.807) is 23.5 Å². The number of carbonyl (C=O) groups is 2. The van der Waals surface area contributed by atoms with Crippen LogP contribution in [0.1, 0.15) is 20.9 Å². The van der Waals surface area contributed by atoms with Crippen molar-refractivity contribution in [3.8, 4) is 0 Å². The summed E-state index contributed by atoms with van der Waals surface area (Å²) in [4.78, 5) is 24.9. The Morgan fingerprint density at radius 2 is 1.90 bits per heavy atom. The van der Waals surface area contributed by atoms with Crippen molar-refractivity contribution in [2.75, 3.05) is 5.32 Å². The minimum absolute atomic E-state index is 0.118. The molecule has 0 atom stereocenters. The zero-order valence-corrected chi connectivity index (χ0v) is 13.5. The summed E-state index contributed by atoms with van der Waals surface area (Å²) in [5.74, 6) is 0.118. The maximum atomic E-state index is 12.2. The fourth-order valence-electron chi connectivity index (χ4n) is 2.14. The Morgan fingerprint density at radius 1 is 1.24 bits per heavy atom. The lowest BCUT2D eigenvalue weighted by molar-refractivity contribution is -0.117. The standard InChI is InChI=1S/C16H16ClNO2S/c1-10-11(2)21-15(16(10)18-9-19)8-14(20)7-12-3-5-13(17)6-4-12/h3-6,9H,7-8H2,1-2H3,(H,18,19). The van der Waals surface area contributed by atoms with E-state index in [0.717, 1.165) is 26.6 Å². The first-order chi connectivity index (χ1) is 10.0. The van der Waals surface area contributed by atoms with Gasteiger partial charge in [0.2, 0.25) is 6.41 Å². The van der Waals surface area contributed by atoms with Crippen molar-refractivity contribution in [2.24, 2.45) is 0 Å². The highest BCUT2D eigenvalue weighted by Crippen LogP contribution is 2.32. The van der Waals surface area contributed by atoms with Crippen LogP contribution in [0.4, 0.5) is 5.69 Å². The Hall–Kier alpha value is -1.65. The number of halogens is 1. The van der Waals surface area contributed by atoms with Crippen LogP contribution >= 0.6 is 22.9 Å². The lowest BCUT2D eigenvalue weighted by Crippen LogP contribution is -2.07. The van der Waals surface area contributed by atoms with Crippen LogP contribution in [0.3, 0.4) is 0 Å². The third-order valence-electron chi connectivity index (χ3n) is 3.33. The highest BCUT2D eigenvalue weighted by atomic mass is 35.5. The number of benzene rings is 1. The van der Waals surface area contributed by atoms with Crippen LogP contribution in [0.15, 0.2) is 24.3 Å². The predicted octanol–water partition coefficient (Wildman–Crippen LogP) is 3.94. The number of nitrogens with one attached hydrogen (secondary N) is 1. The molecule has 1 amide bonds. The van der Waals surface area contributed by atoms with Gasteiger partial charge in [0.25, 0.3) is 0 Å². The van der Waals surface area contributed by atoms with E-state index in [0.29, 0.717) is 24.3 Å². The van der Waals surface area contributed by atoms with E-state index in [1.807, 2.05) is 26.0 Å². The van der Waals surface area contributed by atoms with E-state index in [1.165, 1.54) is 0 Å². The van der Waals surface area contributed by atoms with Gasteiger partial charge in [-0.25, -0.2) is 0 Å². The predicted molar refractivity (Wildman–Crippen MR) is 87.3 cm³/mol. The Morgan fingerprint density at radius 3 is 2.52 bits per heavy atom. The van der Waals surface area contributed by atoms with Gasteiger partial charge in [0, 0.05) is 27.6 Å². The molecule has 110 valence electrons. The molecule has 3 nitrogen and oxygen atoms in total. The first kappa shape index (κ1) is 15.7. The molecule has 1 aromatic heterocycles. The van der Waals surface area contributed by atoms with Gasteiger partial charge in [-0.05, 0) is 37.1 Å². The molecule has 0 radical (unpaired) electrons. The van der Waals surface area contributed by atoms with Gasteiger partial charge >= 0.3 is 0 Å². The fourth-order valence-corrected chi connectivity index (χ4v) is 3.44. The lowest BCUT2D eigenvalue weighted by atomic mass is 10.1. The number of amides is 1. The van der Waals surface area contributed by atoms with Crippen LogP contribution in [-0.4, -0.2) is 12.2 Å². The Kier molecular flexibility index (Phi) is 5.15. The van der Waals surface area contributed by atoms with E-state index in [-0.39, 0.29) is 5.78 Å². The maximum Gasteiger partial charge on any atom is 0.211 e. The quantitative estimate of drug-likeness (QED) is 0.819. The number of anilines is 1. The van der Waals surface area contributed by atoms with E-state index >= 15 is 0 Å². The molecule has 0 bridgehead atoms. The zero-order chi connectivity index (χ0) is 15.4. The normalized spacial score (nSPS) is 10.4. The second kappa shape index (κ2) is 6.87. The number of Topliss-reactive ketones (excluding diaryl/α,β-unsaturated/α-hetero) is 1. The topological polar surface area (TPSA) is 46.2 Å². The maximum absolute atomic E-state index is 12.2. The number of carbonyl (C=O) groups excluding carboxylic acids is 2. The Balaban J connectivity index is 2.10. The molecule has 21 heavy (non-hydrogen) atoms. The average molecular weight is 322 g/mol. The summed E-state index contributed by atoms with van der Waals surface area (Å²) >= 11 is 7.39. The molecule has 0 aliphatic heterocycles. The van der Waals surface area contributed by atoms with Gasteiger partial charge in [0.15, 0.2) is 0 Å². The lowest BCUT2D eigenvalue weighted by Gasteiger charge is -2.04. The number of rotatable bonds is 6. The molecule has 0 saturated heterocycles. The van der Waals surface area contributed by atoms with E-state index in [4.69, 9.17) is 11.6 Å². The molecule has 5 heteroatoms. The van der Waals surface area contributed by atoms with Gasteiger partial charge in [-0.2, -0.15) is 0 Å². The van der Waals surface area contributed by atoms with Crippen molar-refractivity contribution in [1.29, 1.82) is 0 Å². The molecule has 0 fully saturated rings. The smallest absolute Gasteiger partial charge is 0.211 e. The fraction of sp³-hybridized carbons (Fsp3) is 0.250. The van der Waals surface area contributed by atoms with Gasteiger partial charge in [0.1, 0.15) is 5.78 Å². The number of hydrogen-bond donors (Lipinski definition) is 1. The summed E-state index contributed by atoms with van der Waals surface area (Å²) in [5.41, 5.74) is 2.75. The summed E-state index contributed by atoms with van der Waals surface area (Å²) in [6.45, 7) is 3.94. The van der Waals surface area contributed by atoms with Crippen LogP contribution in [0.5, 0.6) is 0 Å². The van der Waals surface area contributed by atoms with Crippen LogP contribution in [0, 0.1) is 13.8 Å². The van der Waals surface area contributed by atoms with Crippen molar-refractivity contribution in [3.05, 3.63) is 50.2 Å². The molecule has 1 N–H and O–H groups in total. The van der Waals surface area contributed by atoms with Crippen molar-refractivity contribution < 1.29 is 9.59 Å². The number of hydrogen-bond acceptors (Lipinski definition) is 3. The van der Waals surface area contributed by atoms with Crippen LogP contribution in [0.2, 0.25) is 5.02 Å². The molecule has 0 aliphatic rings. The number of ketones is 1. The Bertz CT molecular complexity index is 662. The average Bonchev–Trinajstić information content (AvgIpc) is 2.69. The van der Waals surface area contributed by atoms with Crippen LogP contribution in [0.25, 0.3) is 0 Å². The van der Waals surface area contributed by atoms with Crippen molar-refractivity contribution in [3.63, 3.8) is 0 Å². The molecule has 1 heterocycles. The van der Waals surface area contributed by atoms with Gasteiger partial charge in [0.05, 0.1) is 5.69 Å². The molecule has 0 saturated carbocycles. The highest BCUT2D eigenvalue weighted by molar-refractivity contribution is 7.12. The second-order valence-electron chi connectivity index (χ2n) is 4.86. The van der Waals surface area contributed by atoms with Crippen molar-refractivity contribution in [1.82, 2.24) is 0 Å². The monoisotopic (exact) mass is 321 g/mol. The summed E-state index contributed by atoms with van der Waals surface area (Å²) in [7, 11) is 0. The van der Waals surface area contributed by atoms with Gasteiger partial charge in [-0.1, -0.05) is 23.7 Å². The van der Waals surface area contributed by atoms with Gasteiger partial charge in [-0.3, -0.25) is 9.59 Å². The van der Waals surface area contributed by atoms with Crippen molar-refractivity contribution >= 4 is 40.8 Å². The number of thiophene rings is 1. The largest absolute Gasteiger partial charge is 0.327 e. The molecule has 0 spiro atoms. The molecule has 2 rings (SSSR count). The molecular weight excluding hydrogens is 306 g/mol. The summed E-state index contributed by atoms with van der Waals surface area (Å²) in [6.07, 6.45) is 1.35. The van der Waals surface area contributed by atoms with Crippen LogP contribution < -0.4 is 5.32 Å². The molecule has 0 unspecified atom stereocenters. The highest BCUT2D eigenvalue weighted by Gasteiger charge is 2.15. The third kappa shape index (κ3) is 3.93. The van der Waals surface area contributed by atoms with E-state index < -0.39 is 0 Å². The minimum Gasteiger partial charge on any atom is -0.327 e. The molecule has 1 aromatic carbocycles. The van der Waals surface area contributed by atoms with Gasteiger partial charge in [-0.15, -0.1) is 11.3 Å². The molecule has 0 aliphatic carbocycles. The number of aryl methyl sites for hydroxylation is 1.